The second kappa shape index (κ2) is 5.56. The highest BCUT2D eigenvalue weighted by molar-refractivity contribution is 9.10. The number of fused-ring (bicyclic) bond motifs is 1. The van der Waals surface area contributed by atoms with Crippen LogP contribution >= 0.6 is 27.5 Å². The fraction of sp³-hybridized carbons (Fsp3) is 0.250. The van der Waals surface area contributed by atoms with E-state index in [0.29, 0.717) is 11.6 Å². The average Bonchev–Trinajstić information content (AvgIpc) is 2.87. The molecule has 3 heteroatoms. The van der Waals surface area contributed by atoms with Crippen molar-refractivity contribution >= 4 is 27.5 Å². The molecule has 3 rings (SSSR count). The predicted octanol–water partition coefficient (Wildman–Crippen LogP) is 5.17. The third kappa shape index (κ3) is 2.96. The van der Waals surface area contributed by atoms with E-state index < -0.39 is 0 Å². The average molecular weight is 338 g/mol. The van der Waals surface area contributed by atoms with Crippen LogP contribution in [-0.4, -0.2) is 0 Å². The van der Waals surface area contributed by atoms with E-state index in [1.54, 1.807) is 0 Å². The van der Waals surface area contributed by atoms with Gasteiger partial charge in [0.1, 0.15) is 12.4 Å². The highest BCUT2D eigenvalue weighted by Crippen LogP contribution is 2.29. The third-order valence-corrected chi connectivity index (χ3v) is 4.26. The Kier molecular flexibility index (Phi) is 3.81. The van der Waals surface area contributed by atoms with Crippen LogP contribution in [0.3, 0.4) is 0 Å². The summed E-state index contributed by atoms with van der Waals surface area (Å²) in [5, 5.41) is 0.643. The molecule has 0 saturated heterocycles. The highest BCUT2D eigenvalue weighted by Gasteiger charge is 2.11. The lowest BCUT2D eigenvalue weighted by atomic mass is 10.1. The zero-order valence-corrected chi connectivity index (χ0v) is 12.8. The van der Waals surface area contributed by atoms with E-state index in [1.165, 1.54) is 36.0 Å². The molecule has 0 amide bonds. The molecule has 0 atom stereocenters. The van der Waals surface area contributed by atoms with Gasteiger partial charge >= 0.3 is 0 Å². The summed E-state index contributed by atoms with van der Waals surface area (Å²) in [5.41, 5.74) is 4.17. The first-order chi connectivity index (χ1) is 9.22. The van der Waals surface area contributed by atoms with Gasteiger partial charge in [-0.1, -0.05) is 45.7 Å². The second-order valence-electron chi connectivity index (χ2n) is 4.82. The maximum absolute atomic E-state index is 6.11. The summed E-state index contributed by atoms with van der Waals surface area (Å²) in [4.78, 5) is 0. The second-order valence-corrected chi connectivity index (χ2v) is 6.14. The maximum Gasteiger partial charge on any atom is 0.139 e. The van der Waals surface area contributed by atoms with Gasteiger partial charge in [-0.25, -0.2) is 0 Å². The molecule has 1 aliphatic carbocycles. The molecule has 19 heavy (non-hydrogen) atoms. The lowest BCUT2D eigenvalue weighted by Crippen LogP contribution is -1.97. The smallest absolute Gasteiger partial charge is 0.139 e. The Balaban J connectivity index is 1.74. The summed E-state index contributed by atoms with van der Waals surface area (Å²) in [6.45, 7) is 0.559. The molecule has 1 aliphatic rings. The van der Waals surface area contributed by atoms with Crippen LogP contribution in [0.5, 0.6) is 5.75 Å². The zero-order chi connectivity index (χ0) is 13.2. The molecule has 98 valence electrons. The van der Waals surface area contributed by atoms with Gasteiger partial charge in [-0.15, -0.1) is 0 Å². The molecule has 1 nitrogen and oxygen atoms in total. The van der Waals surface area contributed by atoms with Gasteiger partial charge in [-0.3, -0.25) is 0 Å². The molecule has 0 aliphatic heterocycles. The van der Waals surface area contributed by atoms with Crippen molar-refractivity contribution in [3.05, 3.63) is 62.6 Å². The van der Waals surface area contributed by atoms with Gasteiger partial charge in [0, 0.05) is 4.47 Å². The molecule has 2 aromatic carbocycles. The number of benzene rings is 2. The van der Waals surface area contributed by atoms with Crippen LogP contribution in [0.2, 0.25) is 5.02 Å². The summed E-state index contributed by atoms with van der Waals surface area (Å²) < 4.78 is 6.77. The monoisotopic (exact) mass is 336 g/mol. The Morgan fingerprint density at radius 1 is 1.05 bits per heavy atom. The van der Waals surface area contributed by atoms with E-state index >= 15 is 0 Å². The first kappa shape index (κ1) is 13.0. The standard InChI is InChI=1S/C16H14BrClO/c17-14-6-7-15(18)16(9-14)19-10-11-4-5-12-2-1-3-13(12)8-11/h4-9H,1-3,10H2. The summed E-state index contributed by atoms with van der Waals surface area (Å²) in [5.74, 6) is 0.719. The molecule has 0 fully saturated rings. The van der Waals surface area contributed by atoms with E-state index in [1.807, 2.05) is 18.2 Å². The minimum absolute atomic E-state index is 0.559. The molecular weight excluding hydrogens is 324 g/mol. The summed E-state index contributed by atoms with van der Waals surface area (Å²) in [6, 6.07) is 12.3. The molecule has 0 N–H and O–H groups in total. The molecular formula is C16H14BrClO. The van der Waals surface area contributed by atoms with Crippen molar-refractivity contribution in [3.63, 3.8) is 0 Å². The molecule has 0 aromatic heterocycles. The number of hydrogen-bond acceptors (Lipinski definition) is 1. The van der Waals surface area contributed by atoms with Crippen LogP contribution in [0.25, 0.3) is 0 Å². The summed E-state index contributed by atoms with van der Waals surface area (Å²) >= 11 is 9.53. The SMILES string of the molecule is Clc1ccc(Br)cc1OCc1ccc2c(c1)CCC2. The van der Waals surface area contributed by atoms with Crippen LogP contribution in [0, 0.1) is 0 Å². The van der Waals surface area contributed by atoms with E-state index in [-0.39, 0.29) is 0 Å². The number of rotatable bonds is 3. The van der Waals surface area contributed by atoms with E-state index in [0.717, 1.165) is 10.2 Å². The number of hydrogen-bond donors (Lipinski definition) is 0. The van der Waals surface area contributed by atoms with Gasteiger partial charge in [-0.2, -0.15) is 0 Å². The van der Waals surface area contributed by atoms with Crippen LogP contribution in [0.4, 0.5) is 0 Å². The fourth-order valence-corrected chi connectivity index (χ4v) is 2.98. The fourth-order valence-electron chi connectivity index (χ4n) is 2.46. The van der Waals surface area contributed by atoms with Crippen LogP contribution in [-0.2, 0) is 19.4 Å². The topological polar surface area (TPSA) is 9.23 Å². The van der Waals surface area contributed by atoms with Gasteiger partial charge in [0.05, 0.1) is 5.02 Å². The van der Waals surface area contributed by atoms with Gasteiger partial charge < -0.3 is 4.74 Å². The van der Waals surface area contributed by atoms with Crippen LogP contribution in [0.1, 0.15) is 23.1 Å². The Morgan fingerprint density at radius 3 is 2.79 bits per heavy atom. The van der Waals surface area contributed by atoms with Crippen LogP contribution < -0.4 is 4.74 Å². The van der Waals surface area contributed by atoms with Crippen molar-refractivity contribution in [1.29, 1.82) is 0 Å². The van der Waals surface area contributed by atoms with E-state index in [9.17, 15) is 0 Å². The van der Waals surface area contributed by atoms with Crippen molar-refractivity contribution in [2.45, 2.75) is 25.9 Å². The molecule has 0 unspecified atom stereocenters. The largest absolute Gasteiger partial charge is 0.487 e. The van der Waals surface area contributed by atoms with Crippen molar-refractivity contribution in [3.8, 4) is 5.75 Å². The van der Waals surface area contributed by atoms with Crippen LogP contribution in [0.15, 0.2) is 40.9 Å². The summed E-state index contributed by atoms with van der Waals surface area (Å²) in [6.07, 6.45) is 3.69. The first-order valence-corrected chi connectivity index (χ1v) is 7.58. The van der Waals surface area contributed by atoms with Crippen molar-refractivity contribution < 1.29 is 4.74 Å². The first-order valence-electron chi connectivity index (χ1n) is 6.41. The molecule has 0 spiro atoms. The van der Waals surface area contributed by atoms with E-state index in [2.05, 4.69) is 34.1 Å². The molecule has 0 bridgehead atoms. The quantitative estimate of drug-likeness (QED) is 0.750. The van der Waals surface area contributed by atoms with Crippen molar-refractivity contribution in [1.82, 2.24) is 0 Å². The van der Waals surface area contributed by atoms with Gasteiger partial charge in [0.15, 0.2) is 0 Å². The Hall–Kier alpha value is -0.990. The lowest BCUT2D eigenvalue weighted by molar-refractivity contribution is 0.306. The Labute approximate surface area is 126 Å². The van der Waals surface area contributed by atoms with Crippen molar-refractivity contribution in [2.75, 3.05) is 0 Å². The summed E-state index contributed by atoms with van der Waals surface area (Å²) in [7, 11) is 0. The minimum atomic E-state index is 0.559. The molecule has 0 saturated carbocycles. The number of halogens is 2. The lowest BCUT2D eigenvalue weighted by Gasteiger charge is -2.09. The Bertz CT molecular complexity index is 610. The van der Waals surface area contributed by atoms with Gasteiger partial charge in [0.25, 0.3) is 0 Å². The number of aryl methyl sites for hydroxylation is 2. The Morgan fingerprint density at radius 2 is 1.89 bits per heavy atom. The zero-order valence-electron chi connectivity index (χ0n) is 10.5. The highest BCUT2D eigenvalue weighted by atomic mass is 79.9. The van der Waals surface area contributed by atoms with E-state index in [4.69, 9.17) is 16.3 Å². The van der Waals surface area contributed by atoms with Gasteiger partial charge in [0.2, 0.25) is 0 Å². The minimum Gasteiger partial charge on any atom is -0.487 e. The van der Waals surface area contributed by atoms with Crippen molar-refractivity contribution in [2.24, 2.45) is 0 Å². The predicted molar refractivity (Wildman–Crippen MR) is 82.0 cm³/mol. The normalized spacial score (nSPS) is 13.4. The molecule has 0 heterocycles. The maximum atomic E-state index is 6.11. The number of ether oxygens (including phenoxy) is 1. The molecule has 0 radical (unpaired) electrons. The third-order valence-electron chi connectivity index (χ3n) is 3.45. The molecule has 2 aromatic rings. The van der Waals surface area contributed by atoms with Gasteiger partial charge in [-0.05, 0) is 54.2 Å².